The number of aromatic nitrogens is 2. The van der Waals surface area contributed by atoms with Crippen LogP contribution in [0.15, 0.2) is 73.1 Å². The minimum Gasteiger partial charge on any atom is -0.497 e. The number of nitrogens with zero attached hydrogens (tertiary/aromatic N) is 3. The van der Waals surface area contributed by atoms with Gasteiger partial charge in [0.2, 0.25) is 0 Å². The third-order valence-electron chi connectivity index (χ3n) is 8.38. The molecule has 2 heterocycles. The van der Waals surface area contributed by atoms with E-state index in [9.17, 15) is 9.59 Å². The number of nitrogens with one attached hydrogen (secondary N) is 2. The minimum absolute atomic E-state index is 0.105. The van der Waals surface area contributed by atoms with Crippen LogP contribution in [0.2, 0.25) is 0 Å². The van der Waals surface area contributed by atoms with Gasteiger partial charge in [-0.05, 0) is 54.2 Å². The van der Waals surface area contributed by atoms with Crippen molar-refractivity contribution in [2.75, 3.05) is 47.4 Å². The smallest absolute Gasteiger partial charge is 0.253 e. The van der Waals surface area contributed by atoms with Crippen molar-refractivity contribution in [3.05, 3.63) is 84.2 Å². The molecule has 0 aliphatic carbocycles. The van der Waals surface area contributed by atoms with Crippen LogP contribution in [-0.2, 0) is 14.1 Å². The number of methoxy groups -OCH3 is 2. The van der Waals surface area contributed by atoms with E-state index in [0.29, 0.717) is 37.3 Å². The average molecular weight is 592 g/mol. The van der Waals surface area contributed by atoms with Gasteiger partial charge in [-0.1, -0.05) is 24.3 Å². The molecule has 6 rings (SSSR count). The molecule has 9 heteroatoms. The molecule has 0 unspecified atom stereocenters. The molecule has 0 atom stereocenters. The van der Waals surface area contributed by atoms with Crippen LogP contribution in [-0.4, -0.2) is 73.3 Å². The highest BCUT2D eigenvalue weighted by atomic mass is 16.5. The van der Waals surface area contributed by atoms with Gasteiger partial charge in [-0.25, -0.2) is 0 Å². The van der Waals surface area contributed by atoms with Crippen LogP contribution < -0.4 is 20.1 Å². The first kappa shape index (κ1) is 29.1. The summed E-state index contributed by atoms with van der Waals surface area (Å²) in [5, 5.41) is 12.2. The lowest BCUT2D eigenvalue weighted by molar-refractivity contribution is 0.0950. The molecule has 4 aromatic carbocycles. The number of fused-ring (bicyclic) bond motifs is 6. The highest BCUT2D eigenvalue weighted by molar-refractivity contribution is 6.16. The molecule has 2 N–H and O–H groups in total. The van der Waals surface area contributed by atoms with E-state index in [4.69, 9.17) is 9.47 Å². The first-order valence-electron chi connectivity index (χ1n) is 14.7. The number of hydrogen-bond acceptors (Lipinski definition) is 5. The maximum atomic E-state index is 13.1. The van der Waals surface area contributed by atoms with Crippen molar-refractivity contribution in [3.63, 3.8) is 0 Å². The molecule has 0 aliphatic rings. The average Bonchev–Trinajstić information content (AvgIpc) is 3.57. The predicted octanol–water partition coefficient (Wildman–Crippen LogP) is 5.09. The zero-order chi connectivity index (χ0) is 31.0. The van der Waals surface area contributed by atoms with Crippen molar-refractivity contribution >= 4 is 55.2 Å². The summed E-state index contributed by atoms with van der Waals surface area (Å²) in [6.07, 6.45) is 3.77. The first-order valence-corrected chi connectivity index (χ1v) is 14.7. The van der Waals surface area contributed by atoms with Gasteiger partial charge >= 0.3 is 0 Å². The number of carbonyl (C=O) groups excluding carboxylic acids is 2. The molecule has 0 saturated carbocycles. The van der Waals surface area contributed by atoms with Crippen LogP contribution in [0.3, 0.4) is 0 Å². The standard InChI is InChI=1S/C35H37N5O4/c1-38(16-14-36-34(41)30-20-39(2)32-26-12-8-24(43-4)18-22(26)6-10-28(30)32)17-15-37-35(42)31-21-40(3)33-27-13-9-25(44-5)19-23(27)7-11-29(31)33/h6-13,18-21H,14-17H2,1-5H3,(H,36,41)(H,37,42). The maximum absolute atomic E-state index is 13.1. The van der Waals surface area contributed by atoms with Crippen LogP contribution in [0.5, 0.6) is 11.5 Å². The van der Waals surface area contributed by atoms with E-state index in [1.165, 1.54) is 0 Å². The summed E-state index contributed by atoms with van der Waals surface area (Å²) in [6.45, 7) is 2.29. The van der Waals surface area contributed by atoms with Gasteiger partial charge in [-0.3, -0.25) is 9.59 Å². The Labute approximate surface area is 255 Å². The van der Waals surface area contributed by atoms with Crippen LogP contribution in [0.4, 0.5) is 0 Å². The fourth-order valence-electron chi connectivity index (χ4n) is 6.07. The highest BCUT2D eigenvalue weighted by Gasteiger charge is 2.18. The second kappa shape index (κ2) is 11.9. The van der Waals surface area contributed by atoms with E-state index in [0.717, 1.165) is 54.8 Å². The molecule has 0 bridgehead atoms. The second-order valence-electron chi connectivity index (χ2n) is 11.2. The van der Waals surface area contributed by atoms with Gasteiger partial charge in [0, 0.05) is 74.2 Å². The fourth-order valence-corrected chi connectivity index (χ4v) is 6.07. The Balaban J connectivity index is 1.04. The zero-order valence-electron chi connectivity index (χ0n) is 25.7. The van der Waals surface area contributed by atoms with Crippen LogP contribution in [0.25, 0.3) is 43.4 Å². The number of hydrogen-bond donors (Lipinski definition) is 2. The zero-order valence-corrected chi connectivity index (χ0v) is 25.7. The number of amides is 2. The van der Waals surface area contributed by atoms with Gasteiger partial charge < -0.3 is 34.1 Å². The second-order valence-corrected chi connectivity index (χ2v) is 11.2. The number of likely N-dealkylation sites (N-methyl/N-ethyl adjacent to an activating group) is 1. The van der Waals surface area contributed by atoms with Gasteiger partial charge in [0.25, 0.3) is 11.8 Å². The molecule has 0 radical (unpaired) electrons. The molecule has 0 fully saturated rings. The van der Waals surface area contributed by atoms with E-state index in [2.05, 4.69) is 15.5 Å². The summed E-state index contributed by atoms with van der Waals surface area (Å²) in [4.78, 5) is 28.4. The van der Waals surface area contributed by atoms with Crippen LogP contribution in [0.1, 0.15) is 20.7 Å². The summed E-state index contributed by atoms with van der Waals surface area (Å²) < 4.78 is 14.7. The largest absolute Gasteiger partial charge is 0.497 e. The summed E-state index contributed by atoms with van der Waals surface area (Å²) in [6, 6.07) is 20.0. The van der Waals surface area contributed by atoms with Crippen LogP contribution in [0, 0.1) is 0 Å². The Morgan fingerprint density at radius 2 is 1.07 bits per heavy atom. The molecule has 0 spiro atoms. The lowest BCUT2D eigenvalue weighted by Gasteiger charge is -2.17. The molecule has 9 nitrogen and oxygen atoms in total. The van der Waals surface area contributed by atoms with Gasteiger partial charge in [0.1, 0.15) is 11.5 Å². The Kier molecular flexibility index (Phi) is 7.88. The molecule has 6 aromatic rings. The lowest BCUT2D eigenvalue weighted by Crippen LogP contribution is -2.37. The molecule has 44 heavy (non-hydrogen) atoms. The van der Waals surface area contributed by atoms with Gasteiger partial charge in [0.05, 0.1) is 36.4 Å². The van der Waals surface area contributed by atoms with E-state index >= 15 is 0 Å². The topological polar surface area (TPSA) is 89.8 Å². The molecular formula is C35H37N5O4. The van der Waals surface area contributed by atoms with Crippen molar-refractivity contribution in [3.8, 4) is 11.5 Å². The Morgan fingerprint density at radius 1 is 0.659 bits per heavy atom. The van der Waals surface area contributed by atoms with Crippen molar-refractivity contribution in [2.45, 2.75) is 0 Å². The van der Waals surface area contributed by atoms with Crippen molar-refractivity contribution in [1.29, 1.82) is 0 Å². The molecule has 2 aromatic heterocycles. The fraction of sp³-hybridized carbons (Fsp3) is 0.257. The van der Waals surface area contributed by atoms with Gasteiger partial charge in [0.15, 0.2) is 0 Å². The molecule has 0 aliphatic heterocycles. The normalized spacial score (nSPS) is 11.6. The number of aryl methyl sites for hydroxylation is 2. The van der Waals surface area contributed by atoms with Crippen molar-refractivity contribution in [2.24, 2.45) is 14.1 Å². The summed E-state index contributed by atoms with van der Waals surface area (Å²) in [5.41, 5.74) is 3.33. The van der Waals surface area contributed by atoms with Crippen molar-refractivity contribution < 1.29 is 19.1 Å². The molecule has 2 amide bonds. The van der Waals surface area contributed by atoms with Crippen molar-refractivity contribution in [1.82, 2.24) is 24.7 Å². The monoisotopic (exact) mass is 591 g/mol. The minimum atomic E-state index is -0.105. The Morgan fingerprint density at radius 3 is 1.48 bits per heavy atom. The number of ether oxygens (including phenoxy) is 2. The van der Waals surface area contributed by atoms with Gasteiger partial charge in [-0.15, -0.1) is 0 Å². The van der Waals surface area contributed by atoms with E-state index in [1.54, 1.807) is 14.2 Å². The first-order chi connectivity index (χ1) is 21.3. The molecule has 226 valence electrons. The third-order valence-corrected chi connectivity index (χ3v) is 8.38. The van der Waals surface area contributed by atoms with E-state index < -0.39 is 0 Å². The number of benzene rings is 4. The number of carbonyl (C=O) groups is 2. The summed E-state index contributed by atoms with van der Waals surface area (Å²) >= 11 is 0. The van der Waals surface area contributed by atoms with E-state index in [-0.39, 0.29) is 11.8 Å². The SMILES string of the molecule is COc1ccc2c(ccc3c(C(=O)NCCN(C)CCNC(=O)c4cn(C)c5c4ccc4cc(OC)ccc45)cn(C)c32)c1. The van der Waals surface area contributed by atoms with Crippen LogP contribution >= 0.6 is 0 Å². The third kappa shape index (κ3) is 5.31. The quantitative estimate of drug-likeness (QED) is 0.232. The Hall–Kier alpha value is -5.02. The predicted molar refractivity (Wildman–Crippen MR) is 176 cm³/mol. The maximum Gasteiger partial charge on any atom is 0.253 e. The summed E-state index contributed by atoms with van der Waals surface area (Å²) in [5.74, 6) is 1.40. The summed E-state index contributed by atoms with van der Waals surface area (Å²) in [7, 11) is 9.22. The van der Waals surface area contributed by atoms with Gasteiger partial charge in [-0.2, -0.15) is 0 Å². The molecule has 0 saturated heterocycles. The number of rotatable bonds is 10. The highest BCUT2D eigenvalue weighted by Crippen LogP contribution is 2.32. The Bertz CT molecular complexity index is 1890. The van der Waals surface area contributed by atoms with E-state index in [1.807, 2.05) is 103 Å². The molecular weight excluding hydrogens is 554 g/mol. The lowest BCUT2D eigenvalue weighted by atomic mass is 10.0.